The minimum Gasteiger partial charge on any atom is -0.347 e. The van der Waals surface area contributed by atoms with E-state index in [4.69, 9.17) is 4.52 Å². The van der Waals surface area contributed by atoms with E-state index in [-0.39, 0.29) is 24.3 Å². The number of nitrogens with one attached hydrogen (secondary N) is 2. The molecule has 0 aromatic carbocycles. The normalized spacial score (nSPS) is 10.5. The van der Waals surface area contributed by atoms with Gasteiger partial charge in [0.1, 0.15) is 0 Å². The number of amides is 2. The van der Waals surface area contributed by atoms with Gasteiger partial charge in [-0.2, -0.15) is 0 Å². The molecule has 0 saturated heterocycles. The zero-order chi connectivity index (χ0) is 13.7. The fourth-order valence-electron chi connectivity index (χ4n) is 1.36. The van der Waals surface area contributed by atoms with Crippen molar-refractivity contribution >= 4 is 17.7 Å². The Morgan fingerprint density at radius 2 is 2.06 bits per heavy atom. The van der Waals surface area contributed by atoms with E-state index in [2.05, 4.69) is 15.8 Å². The molecule has 6 heteroatoms. The van der Waals surface area contributed by atoms with Crippen molar-refractivity contribution in [1.82, 2.24) is 10.5 Å². The van der Waals surface area contributed by atoms with Gasteiger partial charge in [-0.1, -0.05) is 25.9 Å². The number of hydrogen-bond acceptors (Lipinski definition) is 4. The summed E-state index contributed by atoms with van der Waals surface area (Å²) < 4.78 is 5.02. The summed E-state index contributed by atoms with van der Waals surface area (Å²) in [5, 5.41) is 8.94. The monoisotopic (exact) mass is 253 g/mol. The van der Waals surface area contributed by atoms with Crippen LogP contribution in [0.4, 0.5) is 5.88 Å². The minimum atomic E-state index is -0.328. The van der Waals surface area contributed by atoms with Gasteiger partial charge in [0, 0.05) is 11.5 Å². The van der Waals surface area contributed by atoms with Gasteiger partial charge >= 0.3 is 0 Å². The second-order valence-corrected chi connectivity index (χ2v) is 4.36. The summed E-state index contributed by atoms with van der Waals surface area (Å²) in [6, 6.07) is 0. The van der Waals surface area contributed by atoms with Crippen molar-refractivity contribution in [2.75, 3.05) is 11.9 Å². The Morgan fingerprint density at radius 3 is 2.56 bits per heavy atom. The highest BCUT2D eigenvalue weighted by molar-refractivity contribution is 5.94. The third-order valence-electron chi connectivity index (χ3n) is 2.56. The van der Waals surface area contributed by atoms with Crippen LogP contribution in [0.5, 0.6) is 0 Å². The van der Waals surface area contributed by atoms with Gasteiger partial charge in [0.25, 0.3) is 0 Å². The molecule has 0 unspecified atom stereocenters. The van der Waals surface area contributed by atoms with Crippen LogP contribution in [0.3, 0.4) is 0 Å². The van der Waals surface area contributed by atoms with Crippen LogP contribution in [0.25, 0.3) is 0 Å². The number of hydrogen-bond donors (Lipinski definition) is 2. The van der Waals surface area contributed by atoms with E-state index in [9.17, 15) is 9.59 Å². The Morgan fingerprint density at radius 1 is 1.39 bits per heavy atom. The summed E-state index contributed by atoms with van der Waals surface area (Å²) in [7, 11) is 0. The van der Waals surface area contributed by atoms with E-state index in [1.54, 1.807) is 13.8 Å². The van der Waals surface area contributed by atoms with Crippen molar-refractivity contribution in [2.24, 2.45) is 5.92 Å². The largest absolute Gasteiger partial charge is 0.347 e. The van der Waals surface area contributed by atoms with Gasteiger partial charge in [-0.25, -0.2) is 0 Å². The second-order valence-electron chi connectivity index (χ2n) is 4.36. The number of carbonyl (C=O) groups is 2. The van der Waals surface area contributed by atoms with Gasteiger partial charge in [-0.3, -0.25) is 14.9 Å². The molecule has 0 saturated carbocycles. The van der Waals surface area contributed by atoms with Crippen molar-refractivity contribution in [3.05, 3.63) is 11.3 Å². The molecule has 1 heterocycles. The first-order chi connectivity index (χ1) is 8.45. The molecule has 1 aromatic rings. The lowest BCUT2D eigenvalue weighted by Crippen LogP contribution is -2.35. The van der Waals surface area contributed by atoms with Crippen LogP contribution < -0.4 is 10.6 Å². The maximum atomic E-state index is 11.6. The maximum Gasteiger partial charge on any atom is 0.246 e. The third kappa shape index (κ3) is 3.58. The first-order valence-electron chi connectivity index (χ1n) is 5.98. The van der Waals surface area contributed by atoms with Crippen LogP contribution in [-0.4, -0.2) is 23.5 Å². The SMILES string of the molecule is CCc1noc(NC(=O)CNC(=O)C(C)C)c1C. The number of carbonyl (C=O) groups excluding carboxylic acids is 2. The van der Waals surface area contributed by atoms with E-state index < -0.39 is 0 Å². The van der Waals surface area contributed by atoms with Crippen molar-refractivity contribution in [2.45, 2.75) is 34.1 Å². The van der Waals surface area contributed by atoms with Crippen LogP contribution in [-0.2, 0) is 16.0 Å². The molecule has 0 aliphatic rings. The Hall–Kier alpha value is -1.85. The number of aryl methyl sites for hydroxylation is 1. The molecule has 2 N–H and O–H groups in total. The lowest BCUT2D eigenvalue weighted by atomic mass is 10.2. The van der Waals surface area contributed by atoms with E-state index in [1.807, 2.05) is 13.8 Å². The zero-order valence-corrected chi connectivity index (χ0v) is 11.2. The summed E-state index contributed by atoms with van der Waals surface area (Å²) in [6.45, 7) is 7.25. The molecular weight excluding hydrogens is 234 g/mol. The Bertz CT molecular complexity index is 438. The summed E-state index contributed by atoms with van der Waals surface area (Å²) in [4.78, 5) is 22.9. The lowest BCUT2D eigenvalue weighted by Gasteiger charge is -2.07. The average Bonchev–Trinajstić information content (AvgIpc) is 2.67. The summed E-state index contributed by atoms with van der Waals surface area (Å²) in [5.74, 6) is -0.285. The molecule has 0 aliphatic carbocycles. The Labute approximate surface area is 106 Å². The first-order valence-corrected chi connectivity index (χ1v) is 5.98. The number of rotatable bonds is 5. The molecule has 0 fully saturated rings. The number of aromatic nitrogens is 1. The average molecular weight is 253 g/mol. The molecule has 1 rings (SSSR count). The molecule has 0 atom stereocenters. The van der Waals surface area contributed by atoms with Gasteiger partial charge in [-0.15, -0.1) is 0 Å². The fraction of sp³-hybridized carbons (Fsp3) is 0.583. The quantitative estimate of drug-likeness (QED) is 0.827. The standard InChI is InChI=1S/C12H19N3O3/c1-5-9-8(4)12(18-15-9)14-10(16)6-13-11(17)7(2)3/h7H,5-6H2,1-4H3,(H,13,17)(H,14,16). The van der Waals surface area contributed by atoms with Gasteiger partial charge in [0.05, 0.1) is 12.2 Å². The molecule has 6 nitrogen and oxygen atoms in total. The second kappa shape index (κ2) is 6.18. The summed E-state index contributed by atoms with van der Waals surface area (Å²) in [5.41, 5.74) is 1.64. The number of nitrogens with zero attached hydrogens (tertiary/aromatic N) is 1. The predicted molar refractivity (Wildman–Crippen MR) is 67.1 cm³/mol. The van der Waals surface area contributed by atoms with Crippen molar-refractivity contribution in [3.63, 3.8) is 0 Å². The van der Waals surface area contributed by atoms with Crippen LogP contribution >= 0.6 is 0 Å². The van der Waals surface area contributed by atoms with Crippen molar-refractivity contribution < 1.29 is 14.1 Å². The maximum absolute atomic E-state index is 11.6. The molecule has 0 bridgehead atoms. The van der Waals surface area contributed by atoms with Crippen molar-refractivity contribution in [1.29, 1.82) is 0 Å². The predicted octanol–water partition coefficient (Wildman–Crippen LogP) is 1.26. The summed E-state index contributed by atoms with van der Waals surface area (Å²) >= 11 is 0. The minimum absolute atomic E-state index is 0.0708. The van der Waals surface area contributed by atoms with Gasteiger partial charge in [-0.05, 0) is 13.3 Å². The van der Waals surface area contributed by atoms with Crippen LogP contribution in [0.15, 0.2) is 4.52 Å². The van der Waals surface area contributed by atoms with E-state index in [0.29, 0.717) is 5.88 Å². The van der Waals surface area contributed by atoms with E-state index in [0.717, 1.165) is 17.7 Å². The van der Waals surface area contributed by atoms with E-state index in [1.165, 1.54) is 0 Å². The highest BCUT2D eigenvalue weighted by Gasteiger charge is 2.14. The van der Waals surface area contributed by atoms with Gasteiger partial charge in [0.15, 0.2) is 0 Å². The molecule has 0 spiro atoms. The van der Waals surface area contributed by atoms with Crippen LogP contribution in [0, 0.1) is 12.8 Å². The molecular formula is C12H19N3O3. The molecule has 2 amide bonds. The van der Waals surface area contributed by atoms with Gasteiger partial charge < -0.3 is 9.84 Å². The number of anilines is 1. The highest BCUT2D eigenvalue weighted by atomic mass is 16.5. The third-order valence-corrected chi connectivity index (χ3v) is 2.56. The summed E-state index contributed by atoms with van der Waals surface area (Å²) in [6.07, 6.45) is 0.745. The van der Waals surface area contributed by atoms with Crippen molar-refractivity contribution in [3.8, 4) is 0 Å². The van der Waals surface area contributed by atoms with Crippen LogP contribution in [0.2, 0.25) is 0 Å². The van der Waals surface area contributed by atoms with E-state index >= 15 is 0 Å². The first kappa shape index (κ1) is 14.2. The smallest absolute Gasteiger partial charge is 0.246 e. The lowest BCUT2D eigenvalue weighted by molar-refractivity contribution is -0.126. The fourth-order valence-corrected chi connectivity index (χ4v) is 1.36. The molecule has 100 valence electrons. The topological polar surface area (TPSA) is 84.2 Å². The highest BCUT2D eigenvalue weighted by Crippen LogP contribution is 2.18. The molecule has 0 aliphatic heterocycles. The van der Waals surface area contributed by atoms with Gasteiger partial charge in [0.2, 0.25) is 17.7 Å². The zero-order valence-electron chi connectivity index (χ0n) is 11.2. The molecule has 1 aromatic heterocycles. The Balaban J connectivity index is 2.50. The molecule has 0 radical (unpaired) electrons. The Kier molecular flexibility index (Phi) is 4.88. The molecule has 18 heavy (non-hydrogen) atoms. The van der Waals surface area contributed by atoms with Crippen LogP contribution in [0.1, 0.15) is 32.0 Å².